The number of rotatable bonds is 3. The molecule has 2 aromatic rings. The number of likely N-dealkylation sites (tertiary alicyclic amines) is 1. The molecule has 1 atom stereocenters. The van der Waals surface area contributed by atoms with Crippen LogP contribution in [0.25, 0.3) is 0 Å². The van der Waals surface area contributed by atoms with Crippen LogP contribution in [0.2, 0.25) is 0 Å². The van der Waals surface area contributed by atoms with Gasteiger partial charge in [-0.3, -0.25) is 9.59 Å². The molecule has 1 aromatic carbocycles. The lowest BCUT2D eigenvalue weighted by molar-refractivity contribution is -0.129. The minimum atomic E-state index is -0.261. The lowest BCUT2D eigenvalue weighted by atomic mass is 10.1. The van der Waals surface area contributed by atoms with Gasteiger partial charge in [-0.1, -0.05) is 18.2 Å². The van der Waals surface area contributed by atoms with E-state index in [1.165, 1.54) is 5.56 Å². The van der Waals surface area contributed by atoms with Crippen molar-refractivity contribution in [2.24, 2.45) is 5.92 Å². The summed E-state index contributed by atoms with van der Waals surface area (Å²) >= 11 is 0. The SMILES string of the molecule is O=C1CC(C(=O)N2CCc3ccccc32)CN1Cc1ccco1. The van der Waals surface area contributed by atoms with Gasteiger partial charge in [-0.15, -0.1) is 0 Å². The van der Waals surface area contributed by atoms with Crippen LogP contribution in [-0.2, 0) is 22.6 Å². The van der Waals surface area contributed by atoms with E-state index in [4.69, 9.17) is 4.42 Å². The maximum atomic E-state index is 12.8. The van der Waals surface area contributed by atoms with Gasteiger partial charge in [0.2, 0.25) is 11.8 Å². The molecule has 2 aliphatic rings. The van der Waals surface area contributed by atoms with Gasteiger partial charge >= 0.3 is 0 Å². The summed E-state index contributed by atoms with van der Waals surface area (Å²) in [6, 6.07) is 11.6. The first-order valence-electron chi connectivity index (χ1n) is 7.92. The minimum Gasteiger partial charge on any atom is -0.467 e. The minimum absolute atomic E-state index is 0.0206. The van der Waals surface area contributed by atoms with E-state index in [2.05, 4.69) is 6.07 Å². The third-order valence-corrected chi connectivity index (χ3v) is 4.64. The first-order chi connectivity index (χ1) is 11.2. The molecular weight excluding hydrogens is 292 g/mol. The molecule has 0 bridgehead atoms. The molecule has 1 fully saturated rings. The lowest BCUT2D eigenvalue weighted by Crippen LogP contribution is -2.36. The fourth-order valence-corrected chi connectivity index (χ4v) is 3.47. The van der Waals surface area contributed by atoms with Crippen LogP contribution in [0.5, 0.6) is 0 Å². The topological polar surface area (TPSA) is 53.8 Å². The van der Waals surface area contributed by atoms with E-state index in [0.717, 1.165) is 17.9 Å². The lowest BCUT2D eigenvalue weighted by Gasteiger charge is -2.21. The molecule has 2 aliphatic heterocycles. The van der Waals surface area contributed by atoms with Crippen molar-refractivity contribution in [2.45, 2.75) is 19.4 Å². The predicted octanol–water partition coefficient (Wildman–Crippen LogP) is 2.22. The standard InChI is InChI=1S/C18H18N2O3/c21-17-10-14(11-19(17)12-15-5-3-9-23-15)18(22)20-8-7-13-4-1-2-6-16(13)20/h1-6,9,14H,7-8,10-12H2. The van der Waals surface area contributed by atoms with Crippen LogP contribution < -0.4 is 4.90 Å². The summed E-state index contributed by atoms with van der Waals surface area (Å²) in [7, 11) is 0. The Morgan fingerprint density at radius 1 is 1.22 bits per heavy atom. The Balaban J connectivity index is 1.47. The van der Waals surface area contributed by atoms with Gasteiger partial charge in [0.1, 0.15) is 5.76 Å². The molecule has 0 aliphatic carbocycles. The van der Waals surface area contributed by atoms with Gasteiger partial charge in [0, 0.05) is 25.2 Å². The molecule has 4 rings (SSSR count). The number of nitrogens with zero attached hydrogens (tertiary/aromatic N) is 2. The van der Waals surface area contributed by atoms with Gasteiger partial charge in [-0.05, 0) is 30.2 Å². The Kier molecular flexibility index (Phi) is 3.41. The maximum absolute atomic E-state index is 12.8. The summed E-state index contributed by atoms with van der Waals surface area (Å²) in [5.74, 6) is 0.569. The van der Waals surface area contributed by atoms with Crippen LogP contribution in [0.3, 0.4) is 0 Å². The second-order valence-electron chi connectivity index (χ2n) is 6.12. The van der Waals surface area contributed by atoms with E-state index in [9.17, 15) is 9.59 Å². The van der Waals surface area contributed by atoms with Gasteiger partial charge in [-0.2, -0.15) is 0 Å². The van der Waals surface area contributed by atoms with Crippen molar-refractivity contribution in [3.05, 3.63) is 54.0 Å². The van der Waals surface area contributed by atoms with Gasteiger partial charge in [-0.25, -0.2) is 0 Å². The average molecular weight is 310 g/mol. The number of amides is 2. The molecule has 1 unspecified atom stereocenters. The number of para-hydroxylation sites is 1. The molecule has 0 spiro atoms. The molecule has 1 aromatic heterocycles. The molecule has 5 heteroatoms. The summed E-state index contributed by atoms with van der Waals surface area (Å²) < 4.78 is 5.30. The summed E-state index contributed by atoms with van der Waals surface area (Å²) in [6.07, 6.45) is 2.77. The fraction of sp³-hybridized carbons (Fsp3) is 0.333. The molecule has 0 radical (unpaired) electrons. The van der Waals surface area contributed by atoms with Crippen LogP contribution in [0.4, 0.5) is 5.69 Å². The highest BCUT2D eigenvalue weighted by Crippen LogP contribution is 2.31. The van der Waals surface area contributed by atoms with Crippen molar-refractivity contribution in [1.29, 1.82) is 0 Å². The number of benzene rings is 1. The zero-order chi connectivity index (χ0) is 15.8. The van der Waals surface area contributed by atoms with E-state index >= 15 is 0 Å². The highest BCUT2D eigenvalue weighted by Gasteiger charge is 2.38. The van der Waals surface area contributed by atoms with Crippen molar-refractivity contribution in [3.63, 3.8) is 0 Å². The zero-order valence-corrected chi connectivity index (χ0v) is 12.8. The van der Waals surface area contributed by atoms with E-state index in [1.807, 2.05) is 29.2 Å². The number of fused-ring (bicyclic) bond motifs is 1. The van der Waals surface area contributed by atoms with Crippen LogP contribution in [-0.4, -0.2) is 29.8 Å². The van der Waals surface area contributed by atoms with Gasteiger partial charge in [0.25, 0.3) is 0 Å². The van der Waals surface area contributed by atoms with E-state index in [-0.39, 0.29) is 24.2 Å². The Morgan fingerprint density at radius 2 is 2.09 bits per heavy atom. The number of hydrogen-bond acceptors (Lipinski definition) is 3. The smallest absolute Gasteiger partial charge is 0.232 e. The first kappa shape index (κ1) is 14.1. The van der Waals surface area contributed by atoms with Crippen LogP contribution in [0, 0.1) is 5.92 Å². The first-order valence-corrected chi connectivity index (χ1v) is 7.92. The number of anilines is 1. The second-order valence-corrected chi connectivity index (χ2v) is 6.12. The summed E-state index contributed by atoms with van der Waals surface area (Å²) in [4.78, 5) is 28.6. The van der Waals surface area contributed by atoms with Crippen LogP contribution >= 0.6 is 0 Å². The van der Waals surface area contributed by atoms with Crippen molar-refractivity contribution in [1.82, 2.24) is 4.90 Å². The van der Waals surface area contributed by atoms with Gasteiger partial charge in [0.05, 0.1) is 18.7 Å². The summed E-state index contributed by atoms with van der Waals surface area (Å²) in [6.45, 7) is 1.62. The zero-order valence-electron chi connectivity index (χ0n) is 12.8. The highest BCUT2D eigenvalue weighted by atomic mass is 16.3. The molecule has 1 saturated heterocycles. The van der Waals surface area contributed by atoms with E-state index in [1.54, 1.807) is 17.2 Å². The van der Waals surface area contributed by atoms with Crippen molar-refractivity contribution >= 4 is 17.5 Å². The molecular formula is C18H18N2O3. The second kappa shape index (κ2) is 5.57. The molecule has 2 amide bonds. The van der Waals surface area contributed by atoms with Gasteiger partial charge < -0.3 is 14.2 Å². The molecule has 0 saturated carbocycles. The van der Waals surface area contributed by atoms with Crippen molar-refractivity contribution in [2.75, 3.05) is 18.0 Å². The largest absolute Gasteiger partial charge is 0.467 e. The molecule has 0 N–H and O–H groups in total. The Morgan fingerprint density at radius 3 is 2.91 bits per heavy atom. The maximum Gasteiger partial charge on any atom is 0.232 e. The van der Waals surface area contributed by atoms with Crippen LogP contribution in [0.15, 0.2) is 47.1 Å². The number of carbonyl (C=O) groups excluding carboxylic acids is 2. The van der Waals surface area contributed by atoms with Crippen molar-refractivity contribution < 1.29 is 14.0 Å². The molecule has 5 nitrogen and oxygen atoms in total. The molecule has 3 heterocycles. The fourth-order valence-electron chi connectivity index (χ4n) is 3.47. The third-order valence-electron chi connectivity index (χ3n) is 4.64. The number of carbonyl (C=O) groups is 2. The van der Waals surface area contributed by atoms with E-state index < -0.39 is 0 Å². The summed E-state index contributed by atoms with van der Waals surface area (Å²) in [5, 5.41) is 0. The Hall–Kier alpha value is -2.56. The Bertz CT molecular complexity index is 738. The van der Waals surface area contributed by atoms with Gasteiger partial charge in [0.15, 0.2) is 0 Å². The third kappa shape index (κ3) is 2.52. The Labute approximate surface area is 134 Å². The monoisotopic (exact) mass is 310 g/mol. The van der Waals surface area contributed by atoms with E-state index in [0.29, 0.717) is 19.6 Å². The number of furan rings is 1. The highest BCUT2D eigenvalue weighted by molar-refractivity contribution is 6.00. The number of hydrogen-bond donors (Lipinski definition) is 0. The quantitative estimate of drug-likeness (QED) is 0.873. The molecule has 118 valence electrons. The average Bonchev–Trinajstić information content (AvgIpc) is 3.28. The normalized spacial score (nSPS) is 20.2. The summed E-state index contributed by atoms with van der Waals surface area (Å²) in [5.41, 5.74) is 2.20. The van der Waals surface area contributed by atoms with Crippen LogP contribution in [0.1, 0.15) is 17.7 Å². The predicted molar refractivity (Wildman–Crippen MR) is 84.7 cm³/mol. The van der Waals surface area contributed by atoms with Crippen molar-refractivity contribution in [3.8, 4) is 0 Å². The molecule has 23 heavy (non-hydrogen) atoms.